The van der Waals surface area contributed by atoms with Crippen LogP contribution in [-0.2, 0) is 6.42 Å². The molecule has 0 saturated heterocycles. The summed E-state index contributed by atoms with van der Waals surface area (Å²) >= 11 is 1.52. The first kappa shape index (κ1) is 11.5. The van der Waals surface area contributed by atoms with E-state index in [0.717, 1.165) is 33.9 Å². The number of halogens is 1. The van der Waals surface area contributed by atoms with Crippen molar-refractivity contribution in [2.75, 3.05) is 0 Å². The Labute approximate surface area is 108 Å². The zero-order valence-electron chi connectivity index (χ0n) is 10.00. The van der Waals surface area contributed by atoms with E-state index in [4.69, 9.17) is 0 Å². The van der Waals surface area contributed by atoms with Crippen LogP contribution in [0.1, 0.15) is 33.8 Å². The van der Waals surface area contributed by atoms with Gasteiger partial charge >= 0.3 is 0 Å². The average Bonchev–Trinajstić information content (AvgIpc) is 2.77. The van der Waals surface area contributed by atoms with E-state index in [1.54, 1.807) is 6.07 Å². The highest BCUT2D eigenvalue weighted by molar-refractivity contribution is 7.15. The average molecular weight is 261 g/mol. The van der Waals surface area contributed by atoms with Gasteiger partial charge in [0, 0.05) is 16.9 Å². The van der Waals surface area contributed by atoms with E-state index in [1.165, 1.54) is 23.5 Å². The molecule has 0 spiro atoms. The maximum atomic E-state index is 13.3. The molecule has 1 heterocycles. The first-order valence-corrected chi connectivity index (χ1v) is 6.76. The van der Waals surface area contributed by atoms with Crippen LogP contribution in [0.25, 0.3) is 10.6 Å². The lowest BCUT2D eigenvalue weighted by molar-refractivity contribution is 0.0968. The topological polar surface area (TPSA) is 30.0 Å². The third-order valence-electron chi connectivity index (χ3n) is 3.20. The van der Waals surface area contributed by atoms with Gasteiger partial charge in [-0.1, -0.05) is 6.07 Å². The lowest BCUT2D eigenvalue weighted by Crippen LogP contribution is -2.08. The monoisotopic (exact) mass is 261 g/mol. The second-order valence-electron chi connectivity index (χ2n) is 4.53. The van der Waals surface area contributed by atoms with Crippen LogP contribution in [0.2, 0.25) is 0 Å². The Morgan fingerprint density at radius 3 is 2.94 bits per heavy atom. The van der Waals surface area contributed by atoms with E-state index in [-0.39, 0.29) is 11.6 Å². The number of aromatic nitrogens is 1. The van der Waals surface area contributed by atoms with Crippen molar-refractivity contribution in [2.45, 2.75) is 26.2 Å². The van der Waals surface area contributed by atoms with E-state index in [2.05, 4.69) is 4.98 Å². The Bertz CT molecular complexity index is 633. The van der Waals surface area contributed by atoms with Crippen molar-refractivity contribution in [3.05, 3.63) is 40.2 Å². The van der Waals surface area contributed by atoms with Crippen LogP contribution in [0.5, 0.6) is 0 Å². The summed E-state index contributed by atoms with van der Waals surface area (Å²) in [5.74, 6) is -0.150. The molecule has 1 aliphatic carbocycles. The lowest BCUT2D eigenvalue weighted by atomic mass is 10.0. The van der Waals surface area contributed by atoms with Gasteiger partial charge in [0.15, 0.2) is 5.78 Å². The van der Waals surface area contributed by atoms with E-state index in [1.807, 2.05) is 6.92 Å². The van der Waals surface area contributed by atoms with Crippen LogP contribution >= 0.6 is 11.3 Å². The SMILES string of the molecule is Cc1ccc(F)cc1-c1nc2c(s1)CCCC2=O. The summed E-state index contributed by atoms with van der Waals surface area (Å²) in [4.78, 5) is 17.2. The third kappa shape index (κ3) is 1.86. The fourth-order valence-corrected chi connectivity index (χ4v) is 3.41. The third-order valence-corrected chi connectivity index (χ3v) is 4.35. The second kappa shape index (κ2) is 4.28. The Morgan fingerprint density at radius 2 is 2.17 bits per heavy atom. The molecule has 0 unspecified atom stereocenters. The van der Waals surface area contributed by atoms with Crippen LogP contribution in [0.15, 0.2) is 18.2 Å². The van der Waals surface area contributed by atoms with E-state index < -0.39 is 0 Å². The van der Waals surface area contributed by atoms with Gasteiger partial charge in [-0.3, -0.25) is 4.79 Å². The molecule has 0 amide bonds. The number of thiazole rings is 1. The van der Waals surface area contributed by atoms with Crippen molar-refractivity contribution in [1.82, 2.24) is 4.98 Å². The molecule has 1 aromatic heterocycles. The van der Waals surface area contributed by atoms with Gasteiger partial charge < -0.3 is 0 Å². The molecule has 2 aromatic rings. The van der Waals surface area contributed by atoms with Crippen molar-refractivity contribution in [3.63, 3.8) is 0 Å². The highest BCUT2D eigenvalue weighted by Crippen LogP contribution is 2.34. The lowest BCUT2D eigenvalue weighted by Gasteiger charge is -2.06. The standard InChI is InChI=1S/C14H12FNOS/c1-8-5-6-9(15)7-10(8)14-16-13-11(17)3-2-4-12(13)18-14/h5-7H,2-4H2,1H3. The zero-order chi connectivity index (χ0) is 12.7. The maximum absolute atomic E-state index is 13.3. The molecule has 0 atom stereocenters. The first-order chi connectivity index (χ1) is 8.65. The molecule has 0 saturated carbocycles. The predicted octanol–water partition coefficient (Wildman–Crippen LogP) is 3.78. The molecule has 3 rings (SSSR count). The number of carbonyl (C=O) groups is 1. The van der Waals surface area contributed by atoms with Gasteiger partial charge in [0.05, 0.1) is 0 Å². The van der Waals surface area contributed by atoms with E-state index in [0.29, 0.717) is 12.1 Å². The number of nitrogens with zero attached hydrogens (tertiary/aromatic N) is 1. The van der Waals surface area contributed by atoms with Crippen LogP contribution in [0, 0.1) is 12.7 Å². The molecule has 0 radical (unpaired) electrons. The summed E-state index contributed by atoms with van der Waals surface area (Å²) in [7, 11) is 0. The number of fused-ring (bicyclic) bond motifs is 1. The molecule has 1 aliphatic rings. The summed E-state index contributed by atoms with van der Waals surface area (Å²) in [6.07, 6.45) is 2.39. The van der Waals surface area contributed by atoms with Crippen molar-refractivity contribution < 1.29 is 9.18 Å². The van der Waals surface area contributed by atoms with E-state index >= 15 is 0 Å². The van der Waals surface area contributed by atoms with E-state index in [9.17, 15) is 9.18 Å². The smallest absolute Gasteiger partial charge is 0.182 e. The molecule has 1 aromatic carbocycles. The number of carbonyl (C=O) groups excluding carboxylic acids is 1. The quantitative estimate of drug-likeness (QED) is 0.782. The molecular weight excluding hydrogens is 249 g/mol. The van der Waals surface area contributed by atoms with Gasteiger partial charge in [-0.2, -0.15) is 0 Å². The second-order valence-corrected chi connectivity index (χ2v) is 5.61. The van der Waals surface area contributed by atoms with Crippen molar-refractivity contribution in [3.8, 4) is 10.6 Å². The molecule has 92 valence electrons. The summed E-state index contributed by atoms with van der Waals surface area (Å²) in [5, 5.41) is 0.757. The largest absolute Gasteiger partial charge is 0.292 e. The number of hydrogen-bond donors (Lipinski definition) is 0. The fourth-order valence-electron chi connectivity index (χ4n) is 2.21. The molecule has 2 nitrogen and oxygen atoms in total. The number of hydrogen-bond acceptors (Lipinski definition) is 3. The molecule has 0 N–H and O–H groups in total. The molecule has 4 heteroatoms. The van der Waals surface area contributed by atoms with Crippen LogP contribution < -0.4 is 0 Å². The minimum atomic E-state index is -0.268. The van der Waals surface area contributed by atoms with Crippen molar-refractivity contribution in [2.24, 2.45) is 0 Å². The summed E-state index contributed by atoms with van der Waals surface area (Å²) in [6.45, 7) is 1.93. The Hall–Kier alpha value is -1.55. The number of Topliss-reactive ketones (excluding diaryl/α,β-unsaturated/α-hetero) is 1. The number of ketones is 1. The van der Waals surface area contributed by atoms with Gasteiger partial charge in [0.25, 0.3) is 0 Å². The minimum Gasteiger partial charge on any atom is -0.292 e. The normalized spacial score (nSPS) is 14.7. The predicted molar refractivity (Wildman–Crippen MR) is 69.5 cm³/mol. The highest BCUT2D eigenvalue weighted by Gasteiger charge is 2.23. The van der Waals surface area contributed by atoms with Gasteiger partial charge in [-0.05, 0) is 37.5 Å². The molecule has 0 bridgehead atoms. The minimum absolute atomic E-state index is 0.118. The van der Waals surface area contributed by atoms with Crippen LogP contribution in [0.4, 0.5) is 4.39 Å². The molecule has 0 aliphatic heterocycles. The van der Waals surface area contributed by atoms with Gasteiger partial charge in [0.1, 0.15) is 16.5 Å². The molecular formula is C14H12FNOS. The first-order valence-electron chi connectivity index (χ1n) is 5.94. The van der Waals surface area contributed by atoms with Crippen LogP contribution in [0.3, 0.4) is 0 Å². The Kier molecular flexibility index (Phi) is 2.74. The summed E-state index contributed by atoms with van der Waals surface area (Å²) in [6, 6.07) is 4.68. The summed E-state index contributed by atoms with van der Waals surface area (Å²) < 4.78 is 13.3. The number of benzene rings is 1. The van der Waals surface area contributed by atoms with Gasteiger partial charge in [-0.15, -0.1) is 11.3 Å². The highest BCUT2D eigenvalue weighted by atomic mass is 32.1. The number of rotatable bonds is 1. The van der Waals surface area contributed by atoms with Crippen LogP contribution in [-0.4, -0.2) is 10.8 Å². The Morgan fingerprint density at radius 1 is 1.33 bits per heavy atom. The summed E-state index contributed by atoms with van der Waals surface area (Å²) in [5.41, 5.74) is 2.38. The Balaban J connectivity index is 2.13. The molecule has 0 fully saturated rings. The van der Waals surface area contributed by atoms with Gasteiger partial charge in [0.2, 0.25) is 0 Å². The van der Waals surface area contributed by atoms with Crippen molar-refractivity contribution in [1.29, 1.82) is 0 Å². The van der Waals surface area contributed by atoms with Gasteiger partial charge in [-0.25, -0.2) is 9.37 Å². The number of aryl methyl sites for hydroxylation is 2. The maximum Gasteiger partial charge on any atom is 0.182 e. The zero-order valence-corrected chi connectivity index (χ0v) is 10.8. The fraction of sp³-hybridized carbons (Fsp3) is 0.286. The van der Waals surface area contributed by atoms with Crippen molar-refractivity contribution >= 4 is 17.1 Å². The molecule has 18 heavy (non-hydrogen) atoms.